The molecule has 1 fully saturated rings. The van der Waals surface area contributed by atoms with Crippen LogP contribution in [-0.2, 0) is 23.9 Å². The van der Waals surface area contributed by atoms with Gasteiger partial charge in [0.15, 0.2) is 6.61 Å². The molecule has 1 aliphatic carbocycles. The van der Waals surface area contributed by atoms with E-state index in [4.69, 9.17) is 16.3 Å². The van der Waals surface area contributed by atoms with E-state index in [0.717, 1.165) is 10.5 Å². The summed E-state index contributed by atoms with van der Waals surface area (Å²) in [7, 11) is 0. The monoisotopic (exact) mass is 418 g/mol. The van der Waals surface area contributed by atoms with Gasteiger partial charge in [-0.1, -0.05) is 35.9 Å². The molecule has 3 amide bonds. The molecular weight excluding hydrogens is 396 g/mol. The van der Waals surface area contributed by atoms with Crippen molar-refractivity contribution in [1.29, 1.82) is 0 Å². The summed E-state index contributed by atoms with van der Waals surface area (Å²) in [6.07, 6.45) is 4.80. The first-order valence-corrected chi connectivity index (χ1v) is 9.95. The third kappa shape index (κ3) is 5.03. The van der Waals surface area contributed by atoms with Crippen LogP contribution in [-0.4, -0.2) is 41.7 Å². The van der Waals surface area contributed by atoms with Crippen LogP contribution in [0, 0.1) is 11.8 Å². The van der Waals surface area contributed by atoms with E-state index in [1.165, 1.54) is 0 Å². The van der Waals surface area contributed by atoms with Gasteiger partial charge in [0.05, 0.1) is 24.3 Å². The smallest absolute Gasteiger partial charge is 0.308 e. The molecule has 7 nitrogen and oxygen atoms in total. The molecule has 0 bridgehead atoms. The maximum absolute atomic E-state index is 12.4. The first kappa shape index (κ1) is 21.0. The maximum Gasteiger partial charge on any atom is 0.308 e. The zero-order chi connectivity index (χ0) is 21.0. The van der Waals surface area contributed by atoms with Crippen LogP contribution in [0.4, 0.5) is 0 Å². The van der Waals surface area contributed by atoms with Crippen molar-refractivity contribution in [3.63, 3.8) is 0 Å². The average molecular weight is 419 g/mol. The highest BCUT2D eigenvalue weighted by Gasteiger charge is 2.46. The molecule has 29 heavy (non-hydrogen) atoms. The number of carbonyl (C=O) groups excluding carboxylic acids is 4. The van der Waals surface area contributed by atoms with Gasteiger partial charge >= 0.3 is 5.97 Å². The maximum atomic E-state index is 12.4. The molecule has 154 valence electrons. The van der Waals surface area contributed by atoms with Crippen LogP contribution in [0.2, 0.25) is 5.02 Å². The third-order valence-corrected chi connectivity index (χ3v) is 5.46. The summed E-state index contributed by atoms with van der Waals surface area (Å²) < 4.78 is 4.97. The Labute approximate surface area is 174 Å². The molecule has 1 aromatic rings. The molecule has 1 aromatic carbocycles. The van der Waals surface area contributed by atoms with E-state index >= 15 is 0 Å². The molecule has 1 heterocycles. The minimum atomic E-state index is -0.635. The van der Waals surface area contributed by atoms with Crippen LogP contribution in [0.3, 0.4) is 0 Å². The standard InChI is InChI=1S/C21H23ClN2O5/c1-13(14-5-4-6-15(22)11-14)23-18(25)12-29-19(26)9-10-24-20(27)16-7-2-3-8-17(16)21(24)28/h2-6,11,13,16-17H,7-10,12H2,1H3,(H,23,25)/t13-,16-,17-/m0/s1. The number of esters is 1. The summed E-state index contributed by atoms with van der Waals surface area (Å²) in [5.41, 5.74) is 0.833. The van der Waals surface area contributed by atoms with Gasteiger partial charge in [0.25, 0.3) is 5.91 Å². The molecule has 8 heteroatoms. The van der Waals surface area contributed by atoms with Crippen molar-refractivity contribution in [3.05, 3.63) is 47.0 Å². The molecule has 0 saturated carbocycles. The van der Waals surface area contributed by atoms with Gasteiger partial charge in [0.2, 0.25) is 11.8 Å². The van der Waals surface area contributed by atoms with Crippen LogP contribution in [0.1, 0.15) is 37.8 Å². The molecule has 1 saturated heterocycles. The van der Waals surface area contributed by atoms with E-state index in [1.807, 2.05) is 18.2 Å². The van der Waals surface area contributed by atoms with Crippen molar-refractivity contribution in [2.24, 2.45) is 11.8 Å². The Bertz CT molecular complexity index is 827. The van der Waals surface area contributed by atoms with E-state index in [-0.39, 0.29) is 42.7 Å². The van der Waals surface area contributed by atoms with Crippen molar-refractivity contribution >= 4 is 35.3 Å². The lowest BCUT2D eigenvalue weighted by Crippen LogP contribution is -2.34. The lowest BCUT2D eigenvalue weighted by Gasteiger charge is -2.16. The number of carbonyl (C=O) groups is 4. The highest BCUT2D eigenvalue weighted by Crippen LogP contribution is 2.35. The number of rotatable bonds is 7. The number of ether oxygens (including phenoxy) is 1. The second-order valence-corrected chi connectivity index (χ2v) is 7.68. The Morgan fingerprint density at radius 2 is 1.86 bits per heavy atom. The number of imide groups is 1. The van der Waals surface area contributed by atoms with Gasteiger partial charge in [-0.05, 0) is 37.5 Å². The molecule has 0 spiro atoms. The predicted octanol–water partition coefficient (Wildman–Crippen LogP) is 2.40. The Hall–Kier alpha value is -2.67. The number of nitrogens with zero attached hydrogens (tertiary/aromatic N) is 1. The Kier molecular flexibility index (Phi) is 6.69. The number of hydrogen-bond donors (Lipinski definition) is 1. The second-order valence-electron chi connectivity index (χ2n) is 7.24. The van der Waals surface area contributed by atoms with Crippen molar-refractivity contribution in [3.8, 4) is 0 Å². The first-order valence-electron chi connectivity index (χ1n) is 9.57. The molecule has 0 radical (unpaired) electrons. The normalized spacial score (nSPS) is 21.7. The van der Waals surface area contributed by atoms with Gasteiger partial charge in [-0.2, -0.15) is 0 Å². The molecule has 1 aliphatic heterocycles. The largest absolute Gasteiger partial charge is 0.456 e. The minimum Gasteiger partial charge on any atom is -0.456 e. The van der Waals surface area contributed by atoms with Crippen LogP contribution in [0.15, 0.2) is 36.4 Å². The number of nitrogens with one attached hydrogen (secondary N) is 1. The summed E-state index contributed by atoms with van der Waals surface area (Å²) in [6.45, 7) is 1.34. The van der Waals surface area contributed by atoms with Crippen molar-refractivity contribution < 1.29 is 23.9 Å². The predicted molar refractivity (Wildman–Crippen MR) is 106 cm³/mol. The third-order valence-electron chi connectivity index (χ3n) is 5.23. The number of hydrogen-bond acceptors (Lipinski definition) is 5. The fourth-order valence-corrected chi connectivity index (χ4v) is 3.85. The first-order chi connectivity index (χ1) is 13.9. The Balaban J connectivity index is 1.41. The average Bonchev–Trinajstić information content (AvgIpc) is 2.95. The van der Waals surface area contributed by atoms with Crippen LogP contribution in [0.5, 0.6) is 0 Å². The molecule has 0 aromatic heterocycles. The van der Waals surface area contributed by atoms with Gasteiger partial charge in [0, 0.05) is 11.6 Å². The van der Waals surface area contributed by atoms with E-state index in [9.17, 15) is 19.2 Å². The summed E-state index contributed by atoms with van der Waals surface area (Å²) in [4.78, 5) is 49.8. The van der Waals surface area contributed by atoms with Gasteiger partial charge in [0.1, 0.15) is 0 Å². The number of likely N-dealkylation sites (tertiary alicyclic amines) is 1. The summed E-state index contributed by atoms with van der Waals surface area (Å²) in [6, 6.07) is 6.81. The number of halogens is 1. The van der Waals surface area contributed by atoms with E-state index < -0.39 is 18.5 Å². The molecule has 3 atom stereocenters. The molecule has 3 rings (SSSR count). The fraction of sp³-hybridized carbons (Fsp3) is 0.429. The van der Waals surface area contributed by atoms with Crippen molar-refractivity contribution in [1.82, 2.24) is 10.2 Å². The number of benzene rings is 1. The van der Waals surface area contributed by atoms with E-state index in [1.54, 1.807) is 25.1 Å². The molecular formula is C21H23ClN2O5. The minimum absolute atomic E-state index is 0.0238. The molecule has 2 aliphatic rings. The highest BCUT2D eigenvalue weighted by atomic mass is 35.5. The van der Waals surface area contributed by atoms with Gasteiger partial charge in [-0.25, -0.2) is 0 Å². The summed E-state index contributed by atoms with van der Waals surface area (Å²) in [5.74, 6) is -2.18. The topological polar surface area (TPSA) is 92.8 Å². The Morgan fingerprint density at radius 3 is 2.48 bits per heavy atom. The lowest BCUT2D eigenvalue weighted by molar-refractivity contribution is -0.150. The number of amides is 3. The zero-order valence-electron chi connectivity index (χ0n) is 16.1. The van der Waals surface area contributed by atoms with Crippen LogP contribution >= 0.6 is 11.6 Å². The quantitative estimate of drug-likeness (QED) is 0.417. The SMILES string of the molecule is C[C@H](NC(=O)COC(=O)CCN1C(=O)[C@H]2CC=CC[C@@H]2C1=O)c1cccc(Cl)c1. The molecule has 0 unspecified atom stereocenters. The zero-order valence-corrected chi connectivity index (χ0v) is 16.9. The fourth-order valence-electron chi connectivity index (χ4n) is 3.65. The van der Waals surface area contributed by atoms with Crippen LogP contribution in [0.25, 0.3) is 0 Å². The Morgan fingerprint density at radius 1 is 1.21 bits per heavy atom. The van der Waals surface area contributed by atoms with Gasteiger partial charge in [-0.15, -0.1) is 0 Å². The molecule has 1 N–H and O–H groups in total. The summed E-state index contributed by atoms with van der Waals surface area (Å²) in [5, 5.41) is 3.29. The van der Waals surface area contributed by atoms with Gasteiger partial charge in [-0.3, -0.25) is 24.1 Å². The van der Waals surface area contributed by atoms with Gasteiger partial charge < -0.3 is 10.1 Å². The van der Waals surface area contributed by atoms with E-state index in [2.05, 4.69) is 5.32 Å². The number of allylic oxidation sites excluding steroid dienone is 2. The highest BCUT2D eigenvalue weighted by molar-refractivity contribution is 6.30. The van der Waals surface area contributed by atoms with Crippen molar-refractivity contribution in [2.45, 2.75) is 32.2 Å². The number of fused-ring (bicyclic) bond motifs is 1. The van der Waals surface area contributed by atoms with E-state index in [0.29, 0.717) is 17.9 Å². The van der Waals surface area contributed by atoms with Crippen molar-refractivity contribution in [2.75, 3.05) is 13.2 Å². The summed E-state index contributed by atoms with van der Waals surface area (Å²) >= 11 is 5.94. The lowest BCUT2D eigenvalue weighted by atomic mass is 9.85. The van der Waals surface area contributed by atoms with Crippen LogP contribution < -0.4 is 5.32 Å². The second kappa shape index (κ2) is 9.22.